The van der Waals surface area contributed by atoms with Crippen LogP contribution in [0.5, 0.6) is 0 Å². The van der Waals surface area contributed by atoms with Crippen LogP contribution in [0.25, 0.3) is 0 Å². The molecule has 13 heavy (non-hydrogen) atoms. The Morgan fingerprint density at radius 1 is 0.692 bits per heavy atom. The van der Waals surface area contributed by atoms with Crippen molar-refractivity contribution in [3.8, 4) is 0 Å². The summed E-state index contributed by atoms with van der Waals surface area (Å²) in [5.41, 5.74) is 0. The van der Waals surface area contributed by atoms with E-state index in [0.29, 0.717) is 0 Å². The molecule has 0 spiro atoms. The molecule has 0 atom stereocenters. The molecular weight excluding hydrogens is 336 g/mol. The van der Waals surface area contributed by atoms with Crippen molar-refractivity contribution in [2.75, 3.05) is 0 Å². The molecule has 0 heterocycles. The van der Waals surface area contributed by atoms with Crippen molar-refractivity contribution in [1.82, 2.24) is 0 Å². The zero-order valence-electron chi connectivity index (χ0n) is 6.44. The maximum absolute atomic E-state index is 8.55. The molecular formula is BCdNaO8P2. The number of hydrogen-bond acceptors (Lipinski definition) is 8. The third kappa shape index (κ3) is 435. The van der Waals surface area contributed by atoms with Gasteiger partial charge in [0.15, 0.2) is 0 Å². The van der Waals surface area contributed by atoms with Crippen LogP contribution in [0.3, 0.4) is 0 Å². The van der Waals surface area contributed by atoms with Crippen molar-refractivity contribution in [3.63, 3.8) is 0 Å². The van der Waals surface area contributed by atoms with Gasteiger partial charge in [0.25, 0.3) is 0 Å². The van der Waals surface area contributed by atoms with Crippen LogP contribution < -0.4 is 58.9 Å². The second-order valence-electron chi connectivity index (χ2n) is 0.894. The fraction of sp³-hybridized carbons (Fsp3) is 0. The molecule has 8 nitrogen and oxygen atoms in total. The summed E-state index contributed by atoms with van der Waals surface area (Å²) in [5, 5.41) is 0. The number of hydrogen-bond donors (Lipinski definition) is 0. The Morgan fingerprint density at radius 3 is 0.692 bits per heavy atom. The van der Waals surface area contributed by atoms with Gasteiger partial charge in [0.05, 0.1) is 0 Å². The SMILES string of the molecule is O=P([O-])([O-])[O-].O=P([O-])([O-])[O-].[B+3].[Cd+2].[Na+]. The van der Waals surface area contributed by atoms with Gasteiger partial charge in [0, 0.05) is 0 Å². The first-order valence-corrected chi connectivity index (χ1v) is 4.38. The minimum atomic E-state index is -5.39. The van der Waals surface area contributed by atoms with E-state index in [1.807, 2.05) is 0 Å². The van der Waals surface area contributed by atoms with Crippen molar-refractivity contribution in [2.45, 2.75) is 0 Å². The quantitative estimate of drug-likeness (QED) is 0.310. The molecule has 0 aliphatic heterocycles. The van der Waals surface area contributed by atoms with Crippen LogP contribution >= 0.6 is 15.6 Å². The van der Waals surface area contributed by atoms with Gasteiger partial charge in [-0.15, -0.1) is 0 Å². The summed E-state index contributed by atoms with van der Waals surface area (Å²) in [5.74, 6) is 0. The zero-order valence-corrected chi connectivity index (χ0v) is 14.3. The maximum Gasteiger partial charge on any atom is 3.00 e. The molecule has 0 saturated heterocycles. The van der Waals surface area contributed by atoms with Crippen LogP contribution in [0.4, 0.5) is 0 Å². The van der Waals surface area contributed by atoms with Gasteiger partial charge in [0.1, 0.15) is 0 Å². The molecule has 0 aromatic heterocycles. The summed E-state index contributed by atoms with van der Waals surface area (Å²) >= 11 is 0. The van der Waals surface area contributed by atoms with Gasteiger partial charge >= 0.3 is 65.3 Å². The van der Waals surface area contributed by atoms with E-state index in [1.165, 1.54) is 0 Å². The Hall–Kier alpha value is 2.21. The van der Waals surface area contributed by atoms with Crippen LogP contribution in [0.15, 0.2) is 0 Å². The largest absolute Gasteiger partial charge is 3.00 e. The normalized spacial score (nSPS) is 9.08. The van der Waals surface area contributed by atoms with Gasteiger partial charge in [-0.05, 0) is 0 Å². The number of rotatable bonds is 0. The molecule has 0 unspecified atom stereocenters. The average Bonchev–Trinajstić information content (AvgIpc) is 1.12. The smallest absolute Gasteiger partial charge is 0.822 e. The van der Waals surface area contributed by atoms with Crippen LogP contribution in [-0.4, -0.2) is 8.41 Å². The monoisotopic (exact) mass is 338 g/mol. The molecule has 0 aliphatic carbocycles. The van der Waals surface area contributed by atoms with Crippen LogP contribution in [-0.2, 0) is 36.4 Å². The average molecular weight is 336 g/mol. The molecule has 0 aromatic rings. The first kappa shape index (κ1) is 29.5. The third-order valence-electron chi connectivity index (χ3n) is 0. The first-order valence-electron chi connectivity index (χ1n) is 1.46. The predicted molar refractivity (Wildman–Crippen MR) is 21.0 cm³/mol. The molecule has 0 fully saturated rings. The second kappa shape index (κ2) is 12.3. The first-order chi connectivity index (χ1) is 4.00. The molecule has 0 aromatic carbocycles. The van der Waals surface area contributed by atoms with Crippen molar-refractivity contribution >= 4 is 24.1 Å². The molecule has 13 heteroatoms. The molecule has 0 radical (unpaired) electrons. The van der Waals surface area contributed by atoms with Gasteiger partial charge in [-0.1, -0.05) is 0 Å². The summed E-state index contributed by atoms with van der Waals surface area (Å²) in [6.07, 6.45) is 0. The molecule has 0 amide bonds. The third-order valence-corrected chi connectivity index (χ3v) is 0. The molecule has 0 bridgehead atoms. The van der Waals surface area contributed by atoms with Crippen LogP contribution in [0.1, 0.15) is 0 Å². The molecule has 0 aliphatic rings. The van der Waals surface area contributed by atoms with Crippen molar-refractivity contribution in [2.24, 2.45) is 0 Å². The van der Waals surface area contributed by atoms with E-state index in [1.54, 1.807) is 0 Å². The second-order valence-corrected chi connectivity index (χ2v) is 2.68. The predicted octanol–water partition coefficient (Wildman–Crippen LogP) is -9.03. The standard InChI is InChI=1S/B.Cd.Na.2H3O4P/c;;;2*1-5(2,3)4/h;;;2*(H3,1,2,3,4)/q+3;+2;+1;;/p-6. The fourth-order valence-electron chi connectivity index (χ4n) is 0. The van der Waals surface area contributed by atoms with Crippen LogP contribution in [0.2, 0.25) is 0 Å². The van der Waals surface area contributed by atoms with Gasteiger partial charge < -0.3 is 38.5 Å². The Morgan fingerprint density at radius 2 is 0.692 bits per heavy atom. The van der Waals surface area contributed by atoms with Gasteiger partial charge in [-0.25, -0.2) is 0 Å². The Balaban J connectivity index is -0.0000000267. The Kier molecular flexibility index (Phi) is 27.8. The van der Waals surface area contributed by atoms with Crippen molar-refractivity contribution < 1.29 is 95.3 Å². The fourth-order valence-corrected chi connectivity index (χ4v) is 0. The molecule has 0 rings (SSSR count). The Bertz CT molecular complexity index is 134. The minimum absolute atomic E-state index is 0. The minimum Gasteiger partial charge on any atom is -0.822 e. The molecule has 0 N–H and O–H groups in total. The van der Waals surface area contributed by atoms with E-state index >= 15 is 0 Å². The van der Waals surface area contributed by atoms with E-state index in [9.17, 15) is 0 Å². The zero-order chi connectivity index (χ0) is 9.00. The number of phosphoric acid groups is 2. The van der Waals surface area contributed by atoms with Crippen LogP contribution in [0, 0.1) is 0 Å². The topological polar surface area (TPSA) is 172 Å². The van der Waals surface area contributed by atoms with Gasteiger partial charge in [-0.3, -0.25) is 0 Å². The van der Waals surface area contributed by atoms with E-state index in [4.69, 9.17) is 38.5 Å². The summed E-state index contributed by atoms with van der Waals surface area (Å²) in [6.45, 7) is 0. The van der Waals surface area contributed by atoms with E-state index in [2.05, 4.69) is 0 Å². The summed E-state index contributed by atoms with van der Waals surface area (Å²) in [7, 11) is -10.8. The van der Waals surface area contributed by atoms with Crippen molar-refractivity contribution in [3.05, 3.63) is 0 Å². The summed E-state index contributed by atoms with van der Waals surface area (Å²) in [4.78, 5) is 51.3. The van der Waals surface area contributed by atoms with E-state index in [-0.39, 0.29) is 65.3 Å². The van der Waals surface area contributed by atoms with E-state index < -0.39 is 15.6 Å². The van der Waals surface area contributed by atoms with Gasteiger partial charge in [-0.2, -0.15) is 15.6 Å². The summed E-state index contributed by atoms with van der Waals surface area (Å²) in [6, 6.07) is 0. The summed E-state index contributed by atoms with van der Waals surface area (Å²) < 4.78 is 17.1. The maximum atomic E-state index is 8.55. The Labute approximate surface area is 118 Å². The van der Waals surface area contributed by atoms with E-state index in [0.717, 1.165) is 0 Å². The van der Waals surface area contributed by atoms with Crippen molar-refractivity contribution in [1.29, 1.82) is 0 Å². The van der Waals surface area contributed by atoms with Gasteiger partial charge in [0.2, 0.25) is 0 Å². The molecule has 0 saturated carbocycles. The molecule has 64 valence electrons.